The third-order valence-electron chi connectivity index (χ3n) is 1.75. The number of hydrogen-bond acceptors (Lipinski definition) is 0. The molecule has 9 heavy (non-hydrogen) atoms. The Morgan fingerprint density at radius 2 is 1.78 bits per heavy atom. The van der Waals surface area contributed by atoms with Crippen LogP contribution >= 0.6 is 0 Å². The smallest absolute Gasteiger partial charge is 0 e. The zero-order valence-electron chi connectivity index (χ0n) is 6.71. The van der Waals surface area contributed by atoms with Crippen molar-refractivity contribution < 1.29 is 22.4 Å². The molecule has 1 heteroatoms. The molecule has 0 rings (SSSR count). The number of rotatable bonds is 4. The molecule has 0 aliphatic rings. The van der Waals surface area contributed by atoms with Crippen LogP contribution in [0.2, 0.25) is 0 Å². The average molecular weight is 222 g/mol. The minimum Gasteiger partial charge on any atom is -0.0654 e. The average Bonchev–Trinajstić information content (AvgIpc) is 1.83. The van der Waals surface area contributed by atoms with Crippen LogP contribution in [0.1, 0.15) is 46.5 Å². The molecule has 0 saturated carbocycles. The monoisotopic (exact) mass is 221 g/mol. The van der Waals surface area contributed by atoms with E-state index in [0.29, 0.717) is 0 Å². The normalized spacial score (nSPS) is 12.3. The molecule has 0 aromatic heterocycles. The molecule has 0 aromatic rings. The molecule has 0 fully saturated rings. The second kappa shape index (κ2) is 8.74. The largest absolute Gasteiger partial charge is 0.0654 e. The SMILES string of the molecule is CCCCC(C)CC.[Ag]. The Balaban J connectivity index is 0. The Labute approximate surface area is 74.9 Å². The zero-order chi connectivity index (χ0) is 6.41. The van der Waals surface area contributed by atoms with Crippen molar-refractivity contribution >= 4 is 0 Å². The summed E-state index contributed by atoms with van der Waals surface area (Å²) in [5, 5.41) is 0. The summed E-state index contributed by atoms with van der Waals surface area (Å²) in [5.41, 5.74) is 0. The Bertz CT molecular complexity index is 43.8. The standard InChI is InChI=1S/C8H18.Ag/c1-4-6-7-8(3)5-2;/h8H,4-7H2,1-3H3;. The van der Waals surface area contributed by atoms with Gasteiger partial charge < -0.3 is 0 Å². The first kappa shape index (κ1) is 12.4. The number of unbranched alkanes of at least 4 members (excludes halogenated alkanes) is 1. The van der Waals surface area contributed by atoms with Crippen molar-refractivity contribution in [1.29, 1.82) is 0 Å². The summed E-state index contributed by atoms with van der Waals surface area (Å²) >= 11 is 0. The summed E-state index contributed by atoms with van der Waals surface area (Å²) in [5.74, 6) is 0.954. The van der Waals surface area contributed by atoms with Gasteiger partial charge in [0.15, 0.2) is 0 Å². The third-order valence-corrected chi connectivity index (χ3v) is 1.75. The second-order valence-electron chi connectivity index (χ2n) is 2.66. The van der Waals surface area contributed by atoms with Crippen molar-refractivity contribution in [1.82, 2.24) is 0 Å². The molecule has 0 aliphatic carbocycles. The van der Waals surface area contributed by atoms with Crippen LogP contribution in [0.4, 0.5) is 0 Å². The zero-order valence-corrected chi connectivity index (χ0v) is 8.19. The van der Waals surface area contributed by atoms with Crippen LogP contribution in [-0.4, -0.2) is 0 Å². The van der Waals surface area contributed by atoms with E-state index in [0.717, 1.165) is 5.92 Å². The van der Waals surface area contributed by atoms with Crippen molar-refractivity contribution in [3.63, 3.8) is 0 Å². The molecular formula is C8H18Ag. The molecule has 0 bridgehead atoms. The molecule has 0 saturated heterocycles. The van der Waals surface area contributed by atoms with E-state index in [1.54, 1.807) is 0 Å². The van der Waals surface area contributed by atoms with Crippen molar-refractivity contribution in [3.05, 3.63) is 0 Å². The van der Waals surface area contributed by atoms with E-state index in [4.69, 9.17) is 0 Å². The van der Waals surface area contributed by atoms with Gasteiger partial charge in [0, 0.05) is 22.4 Å². The maximum atomic E-state index is 2.33. The fraction of sp³-hybridized carbons (Fsp3) is 1.00. The van der Waals surface area contributed by atoms with Crippen molar-refractivity contribution in [3.8, 4) is 0 Å². The van der Waals surface area contributed by atoms with Crippen molar-refractivity contribution in [2.24, 2.45) is 5.92 Å². The Morgan fingerprint density at radius 3 is 2.11 bits per heavy atom. The van der Waals surface area contributed by atoms with Gasteiger partial charge in [-0.05, 0) is 5.92 Å². The quantitative estimate of drug-likeness (QED) is 0.640. The van der Waals surface area contributed by atoms with Gasteiger partial charge in [-0.3, -0.25) is 0 Å². The molecule has 0 aromatic carbocycles. The van der Waals surface area contributed by atoms with Crippen LogP contribution in [0, 0.1) is 5.92 Å². The topological polar surface area (TPSA) is 0 Å². The summed E-state index contributed by atoms with van der Waals surface area (Å²) in [6, 6.07) is 0. The molecule has 1 radical (unpaired) electrons. The first-order valence-electron chi connectivity index (χ1n) is 3.81. The maximum Gasteiger partial charge on any atom is 0 e. The fourth-order valence-electron chi connectivity index (χ4n) is 0.757. The molecule has 0 nitrogen and oxygen atoms in total. The molecular weight excluding hydrogens is 204 g/mol. The minimum absolute atomic E-state index is 0. The molecule has 0 N–H and O–H groups in total. The first-order valence-corrected chi connectivity index (χ1v) is 3.81. The molecule has 0 aliphatic heterocycles. The Hall–Kier alpha value is 0.740. The van der Waals surface area contributed by atoms with Gasteiger partial charge in [0.05, 0.1) is 0 Å². The molecule has 0 spiro atoms. The minimum atomic E-state index is 0. The van der Waals surface area contributed by atoms with Gasteiger partial charge in [-0.25, -0.2) is 0 Å². The van der Waals surface area contributed by atoms with Gasteiger partial charge in [0.2, 0.25) is 0 Å². The van der Waals surface area contributed by atoms with E-state index in [-0.39, 0.29) is 22.4 Å². The summed E-state index contributed by atoms with van der Waals surface area (Å²) in [6.07, 6.45) is 5.53. The van der Waals surface area contributed by atoms with Crippen LogP contribution in [0.15, 0.2) is 0 Å². The van der Waals surface area contributed by atoms with E-state index < -0.39 is 0 Å². The van der Waals surface area contributed by atoms with E-state index in [1.807, 2.05) is 0 Å². The molecule has 0 amide bonds. The summed E-state index contributed by atoms with van der Waals surface area (Å²) < 4.78 is 0. The van der Waals surface area contributed by atoms with Crippen molar-refractivity contribution in [2.75, 3.05) is 0 Å². The molecule has 1 unspecified atom stereocenters. The van der Waals surface area contributed by atoms with Gasteiger partial charge in [-0.15, -0.1) is 0 Å². The molecule has 0 heterocycles. The van der Waals surface area contributed by atoms with Gasteiger partial charge >= 0.3 is 0 Å². The van der Waals surface area contributed by atoms with Crippen LogP contribution in [0.25, 0.3) is 0 Å². The van der Waals surface area contributed by atoms with Gasteiger partial charge in [-0.1, -0.05) is 46.5 Å². The fourth-order valence-corrected chi connectivity index (χ4v) is 0.757. The van der Waals surface area contributed by atoms with Crippen LogP contribution in [0.5, 0.6) is 0 Å². The summed E-state index contributed by atoms with van der Waals surface area (Å²) in [7, 11) is 0. The van der Waals surface area contributed by atoms with Crippen LogP contribution < -0.4 is 0 Å². The predicted octanol–water partition coefficient (Wildman–Crippen LogP) is 3.22. The predicted molar refractivity (Wildman–Crippen MR) is 39.0 cm³/mol. The van der Waals surface area contributed by atoms with E-state index in [2.05, 4.69) is 20.8 Å². The van der Waals surface area contributed by atoms with Crippen molar-refractivity contribution in [2.45, 2.75) is 46.5 Å². The number of hydrogen-bond donors (Lipinski definition) is 0. The van der Waals surface area contributed by atoms with E-state index in [1.165, 1.54) is 25.7 Å². The van der Waals surface area contributed by atoms with Gasteiger partial charge in [-0.2, -0.15) is 0 Å². The van der Waals surface area contributed by atoms with Crippen LogP contribution in [0.3, 0.4) is 0 Å². The van der Waals surface area contributed by atoms with Gasteiger partial charge in [0.1, 0.15) is 0 Å². The van der Waals surface area contributed by atoms with Crippen LogP contribution in [-0.2, 0) is 22.4 Å². The Morgan fingerprint density at radius 1 is 1.22 bits per heavy atom. The maximum absolute atomic E-state index is 2.33. The third kappa shape index (κ3) is 8.74. The van der Waals surface area contributed by atoms with Gasteiger partial charge in [0.25, 0.3) is 0 Å². The Kier molecular flexibility index (Phi) is 12.1. The summed E-state index contributed by atoms with van der Waals surface area (Å²) in [6.45, 7) is 6.85. The first-order chi connectivity index (χ1) is 3.81. The van der Waals surface area contributed by atoms with E-state index >= 15 is 0 Å². The molecule has 61 valence electrons. The second-order valence-corrected chi connectivity index (χ2v) is 2.66. The van der Waals surface area contributed by atoms with E-state index in [9.17, 15) is 0 Å². The summed E-state index contributed by atoms with van der Waals surface area (Å²) in [4.78, 5) is 0. The molecule has 1 atom stereocenters.